The Kier molecular flexibility index (Phi) is 4.09. The second-order valence-corrected chi connectivity index (χ2v) is 5.10. The number of aromatic nitrogens is 3. The Balaban J connectivity index is 2.16. The van der Waals surface area contributed by atoms with E-state index in [9.17, 15) is 5.11 Å². The second-order valence-electron chi connectivity index (χ2n) is 4.66. The zero-order valence-electron chi connectivity index (χ0n) is 11.9. The van der Waals surface area contributed by atoms with E-state index in [1.54, 1.807) is 23.9 Å². The molecule has 0 aliphatic heterocycles. The summed E-state index contributed by atoms with van der Waals surface area (Å²) in [5, 5.41) is 18.4. The van der Waals surface area contributed by atoms with Gasteiger partial charge in [-0.15, -0.1) is 5.10 Å². The van der Waals surface area contributed by atoms with Crippen LogP contribution in [0.15, 0.2) is 48.5 Å². The number of aliphatic hydroxyl groups is 1. The van der Waals surface area contributed by atoms with Gasteiger partial charge in [-0.3, -0.25) is 0 Å². The van der Waals surface area contributed by atoms with E-state index in [2.05, 4.69) is 10.3 Å². The van der Waals surface area contributed by atoms with Gasteiger partial charge in [0.25, 0.3) is 0 Å². The van der Waals surface area contributed by atoms with Crippen LogP contribution in [-0.4, -0.2) is 27.2 Å². The molecule has 0 bridgehead atoms. The Morgan fingerprint density at radius 3 is 2.64 bits per heavy atom. The highest BCUT2D eigenvalue weighted by Crippen LogP contribution is 2.28. The second kappa shape index (κ2) is 6.17. The molecule has 0 unspecified atom stereocenters. The molecule has 0 radical (unpaired) electrons. The lowest BCUT2D eigenvalue weighted by atomic mass is 10.1. The Morgan fingerprint density at radius 1 is 1.18 bits per heavy atom. The molecule has 0 saturated carbocycles. The van der Waals surface area contributed by atoms with E-state index in [1.807, 2.05) is 36.4 Å². The van der Waals surface area contributed by atoms with Crippen molar-refractivity contribution in [1.29, 1.82) is 0 Å². The average molecular weight is 316 g/mol. The summed E-state index contributed by atoms with van der Waals surface area (Å²) >= 11 is 5.93. The molecule has 0 spiro atoms. The summed E-state index contributed by atoms with van der Waals surface area (Å²) in [4.78, 5) is 0. The Bertz CT molecular complexity index is 784. The molecule has 0 amide bonds. The van der Waals surface area contributed by atoms with E-state index in [0.29, 0.717) is 10.7 Å². The summed E-state index contributed by atoms with van der Waals surface area (Å²) in [6, 6.07) is 14.8. The SMILES string of the molecule is COc1cccc(-c2c(CO)nnn2-c2ccc(Cl)cc2)c1. The summed E-state index contributed by atoms with van der Waals surface area (Å²) in [5.41, 5.74) is 2.91. The summed E-state index contributed by atoms with van der Waals surface area (Å²) in [5.74, 6) is 0.727. The largest absolute Gasteiger partial charge is 0.497 e. The number of benzene rings is 2. The van der Waals surface area contributed by atoms with Crippen molar-refractivity contribution in [2.45, 2.75) is 6.61 Å². The molecule has 0 fully saturated rings. The molecule has 0 aliphatic rings. The van der Waals surface area contributed by atoms with Gasteiger partial charge < -0.3 is 9.84 Å². The van der Waals surface area contributed by atoms with Crippen molar-refractivity contribution < 1.29 is 9.84 Å². The van der Waals surface area contributed by atoms with E-state index < -0.39 is 0 Å². The maximum absolute atomic E-state index is 9.54. The zero-order valence-corrected chi connectivity index (χ0v) is 12.7. The Labute approximate surface area is 132 Å². The minimum Gasteiger partial charge on any atom is -0.497 e. The third-order valence-corrected chi connectivity index (χ3v) is 3.56. The van der Waals surface area contributed by atoms with Gasteiger partial charge in [0, 0.05) is 10.6 Å². The van der Waals surface area contributed by atoms with E-state index in [1.165, 1.54) is 0 Å². The lowest BCUT2D eigenvalue weighted by Gasteiger charge is -2.09. The van der Waals surface area contributed by atoms with Crippen LogP contribution in [-0.2, 0) is 6.61 Å². The summed E-state index contributed by atoms with van der Waals surface area (Å²) in [6.07, 6.45) is 0. The van der Waals surface area contributed by atoms with Gasteiger partial charge in [-0.05, 0) is 36.4 Å². The first-order valence-corrected chi connectivity index (χ1v) is 7.06. The number of hydrogen-bond acceptors (Lipinski definition) is 4. The number of aliphatic hydroxyl groups excluding tert-OH is 1. The van der Waals surface area contributed by atoms with Gasteiger partial charge in [0.1, 0.15) is 17.1 Å². The van der Waals surface area contributed by atoms with E-state index >= 15 is 0 Å². The van der Waals surface area contributed by atoms with Crippen LogP contribution < -0.4 is 4.74 Å². The third-order valence-electron chi connectivity index (χ3n) is 3.30. The van der Waals surface area contributed by atoms with Crippen LogP contribution in [0.4, 0.5) is 0 Å². The molecule has 5 nitrogen and oxygen atoms in total. The topological polar surface area (TPSA) is 60.2 Å². The number of ether oxygens (including phenoxy) is 1. The van der Waals surface area contributed by atoms with Crippen molar-refractivity contribution >= 4 is 11.6 Å². The van der Waals surface area contributed by atoms with Crippen LogP contribution in [0.2, 0.25) is 5.02 Å². The lowest BCUT2D eigenvalue weighted by molar-refractivity contribution is 0.277. The number of rotatable bonds is 4. The molecule has 3 rings (SSSR count). The maximum Gasteiger partial charge on any atom is 0.119 e. The monoisotopic (exact) mass is 315 g/mol. The number of nitrogens with zero attached hydrogens (tertiary/aromatic N) is 3. The molecular weight excluding hydrogens is 302 g/mol. The first kappa shape index (κ1) is 14.6. The van der Waals surface area contributed by atoms with Crippen LogP contribution >= 0.6 is 11.6 Å². The van der Waals surface area contributed by atoms with Crippen molar-refractivity contribution in [2.24, 2.45) is 0 Å². The number of methoxy groups -OCH3 is 1. The van der Waals surface area contributed by atoms with Crippen LogP contribution in [0.1, 0.15) is 5.69 Å². The van der Waals surface area contributed by atoms with Crippen LogP contribution in [0.3, 0.4) is 0 Å². The van der Waals surface area contributed by atoms with Gasteiger partial charge >= 0.3 is 0 Å². The Morgan fingerprint density at radius 2 is 1.95 bits per heavy atom. The van der Waals surface area contributed by atoms with Crippen LogP contribution in [0.25, 0.3) is 16.9 Å². The van der Waals surface area contributed by atoms with Crippen molar-refractivity contribution in [3.05, 3.63) is 59.2 Å². The highest BCUT2D eigenvalue weighted by Gasteiger charge is 2.16. The van der Waals surface area contributed by atoms with E-state index in [0.717, 1.165) is 22.7 Å². The molecule has 2 aromatic carbocycles. The average Bonchev–Trinajstić information content (AvgIpc) is 2.99. The molecule has 6 heteroatoms. The summed E-state index contributed by atoms with van der Waals surface area (Å²) in [7, 11) is 1.61. The Hall–Kier alpha value is -2.37. The van der Waals surface area contributed by atoms with Crippen molar-refractivity contribution in [3.63, 3.8) is 0 Å². The standard InChI is InChI=1S/C16H14ClN3O2/c1-22-14-4-2-3-11(9-14)16-15(10-21)18-19-20(16)13-7-5-12(17)6-8-13/h2-9,21H,10H2,1H3. The zero-order chi connectivity index (χ0) is 15.5. The number of hydrogen-bond donors (Lipinski definition) is 1. The molecular formula is C16H14ClN3O2. The first-order chi connectivity index (χ1) is 10.7. The first-order valence-electron chi connectivity index (χ1n) is 6.68. The smallest absolute Gasteiger partial charge is 0.119 e. The normalized spacial score (nSPS) is 10.7. The van der Waals surface area contributed by atoms with Gasteiger partial charge in [-0.2, -0.15) is 0 Å². The lowest BCUT2D eigenvalue weighted by Crippen LogP contribution is -2.00. The predicted molar refractivity (Wildman–Crippen MR) is 84.3 cm³/mol. The highest BCUT2D eigenvalue weighted by atomic mass is 35.5. The third kappa shape index (κ3) is 2.68. The van der Waals surface area contributed by atoms with E-state index in [4.69, 9.17) is 16.3 Å². The van der Waals surface area contributed by atoms with Crippen LogP contribution in [0, 0.1) is 0 Å². The molecule has 0 saturated heterocycles. The van der Waals surface area contributed by atoms with Crippen molar-refractivity contribution in [1.82, 2.24) is 15.0 Å². The predicted octanol–water partition coefficient (Wildman–Crippen LogP) is 3.09. The fraction of sp³-hybridized carbons (Fsp3) is 0.125. The summed E-state index contributed by atoms with van der Waals surface area (Å²) in [6.45, 7) is -0.194. The maximum atomic E-state index is 9.54. The molecule has 1 N–H and O–H groups in total. The van der Waals surface area contributed by atoms with Crippen LogP contribution in [0.5, 0.6) is 5.75 Å². The van der Waals surface area contributed by atoms with Crippen molar-refractivity contribution in [3.8, 4) is 22.7 Å². The molecule has 1 aromatic heterocycles. The van der Waals surface area contributed by atoms with Gasteiger partial charge in [0.15, 0.2) is 0 Å². The molecule has 112 valence electrons. The minimum absolute atomic E-state index is 0.194. The van der Waals surface area contributed by atoms with E-state index in [-0.39, 0.29) is 6.61 Å². The molecule has 3 aromatic rings. The molecule has 22 heavy (non-hydrogen) atoms. The molecule has 0 atom stereocenters. The van der Waals surface area contributed by atoms with Gasteiger partial charge in [-0.1, -0.05) is 28.9 Å². The fourth-order valence-electron chi connectivity index (χ4n) is 2.24. The van der Waals surface area contributed by atoms with Gasteiger partial charge in [-0.25, -0.2) is 4.68 Å². The van der Waals surface area contributed by atoms with Crippen molar-refractivity contribution in [2.75, 3.05) is 7.11 Å². The summed E-state index contributed by atoms with van der Waals surface area (Å²) < 4.78 is 6.93. The molecule has 0 aliphatic carbocycles. The van der Waals surface area contributed by atoms with Gasteiger partial charge in [0.2, 0.25) is 0 Å². The minimum atomic E-state index is -0.194. The number of halogens is 1. The fourth-order valence-corrected chi connectivity index (χ4v) is 2.37. The highest BCUT2D eigenvalue weighted by molar-refractivity contribution is 6.30. The van der Waals surface area contributed by atoms with Gasteiger partial charge in [0.05, 0.1) is 19.4 Å². The quantitative estimate of drug-likeness (QED) is 0.803. The molecule has 1 heterocycles.